The van der Waals surface area contributed by atoms with Crippen LogP contribution in [0.2, 0.25) is 5.02 Å². The Morgan fingerprint density at radius 1 is 1.22 bits per heavy atom. The number of para-hydroxylation sites is 2. The van der Waals surface area contributed by atoms with Crippen LogP contribution in [-0.2, 0) is 23.0 Å². The second-order valence-electron chi connectivity index (χ2n) is 6.81. The van der Waals surface area contributed by atoms with Gasteiger partial charge in [-0.25, -0.2) is 18.5 Å². The van der Waals surface area contributed by atoms with Gasteiger partial charge in [0.05, 0.1) is 22.6 Å². The van der Waals surface area contributed by atoms with Crippen molar-refractivity contribution < 1.29 is 13.2 Å². The van der Waals surface area contributed by atoms with E-state index in [4.69, 9.17) is 16.7 Å². The van der Waals surface area contributed by atoms with E-state index in [0.29, 0.717) is 11.5 Å². The molecule has 3 aromatic rings. The van der Waals surface area contributed by atoms with Gasteiger partial charge in [0.2, 0.25) is 10.0 Å². The first-order valence-electron chi connectivity index (χ1n) is 8.46. The van der Waals surface area contributed by atoms with Crippen molar-refractivity contribution in [3.63, 3.8) is 0 Å². The van der Waals surface area contributed by atoms with E-state index in [1.54, 1.807) is 0 Å². The molecule has 3 rings (SSSR count). The predicted molar refractivity (Wildman–Crippen MR) is 105 cm³/mol. The van der Waals surface area contributed by atoms with E-state index in [-0.39, 0.29) is 22.2 Å². The number of nitrogens with two attached hydrogens (primary N) is 1. The minimum atomic E-state index is -3.93. The van der Waals surface area contributed by atoms with Gasteiger partial charge in [-0.15, -0.1) is 0 Å². The van der Waals surface area contributed by atoms with Crippen LogP contribution in [0.4, 0.5) is 0 Å². The molecule has 0 aliphatic rings. The molecule has 0 saturated heterocycles. The maximum absolute atomic E-state index is 12.8. The Labute approximate surface area is 163 Å². The molecule has 0 aliphatic carbocycles. The molecule has 142 valence electrons. The molecule has 0 fully saturated rings. The highest BCUT2D eigenvalue weighted by Gasteiger charge is 2.18. The number of rotatable bonds is 6. The molecule has 0 aliphatic heterocycles. The third-order valence-electron chi connectivity index (χ3n) is 4.19. The topological polar surface area (TPSA) is 95.0 Å². The van der Waals surface area contributed by atoms with Gasteiger partial charge in [-0.1, -0.05) is 37.6 Å². The van der Waals surface area contributed by atoms with Gasteiger partial charge >= 0.3 is 0 Å². The molecule has 0 saturated carbocycles. The van der Waals surface area contributed by atoms with Crippen molar-refractivity contribution in [2.75, 3.05) is 0 Å². The van der Waals surface area contributed by atoms with Gasteiger partial charge in [0.15, 0.2) is 5.78 Å². The van der Waals surface area contributed by atoms with Gasteiger partial charge in [-0.05, 0) is 36.2 Å². The lowest BCUT2D eigenvalue weighted by atomic mass is 10.1. The summed E-state index contributed by atoms with van der Waals surface area (Å²) in [6.07, 6.45) is 0.743. The van der Waals surface area contributed by atoms with Gasteiger partial charge in [0.1, 0.15) is 10.7 Å². The van der Waals surface area contributed by atoms with Crippen LogP contribution in [0.5, 0.6) is 0 Å². The average Bonchev–Trinajstić information content (AvgIpc) is 2.90. The minimum absolute atomic E-state index is 0.0683. The SMILES string of the molecule is CC(C)Cc1nc2ccccc2n1CC(=O)c1ccc(S(N)(=O)=O)c(Cl)c1. The van der Waals surface area contributed by atoms with Crippen LogP contribution in [0.3, 0.4) is 0 Å². The van der Waals surface area contributed by atoms with Crippen molar-refractivity contribution in [2.24, 2.45) is 11.1 Å². The number of ketones is 1. The fourth-order valence-electron chi connectivity index (χ4n) is 2.96. The highest BCUT2D eigenvalue weighted by molar-refractivity contribution is 7.89. The van der Waals surface area contributed by atoms with Gasteiger partial charge in [-0.2, -0.15) is 0 Å². The summed E-state index contributed by atoms with van der Waals surface area (Å²) in [4.78, 5) is 17.3. The molecule has 8 heteroatoms. The van der Waals surface area contributed by atoms with Gasteiger partial charge in [0.25, 0.3) is 0 Å². The molecule has 0 bridgehead atoms. The average molecular weight is 406 g/mol. The van der Waals surface area contributed by atoms with E-state index in [1.165, 1.54) is 18.2 Å². The Balaban J connectivity index is 1.98. The quantitative estimate of drug-likeness (QED) is 0.635. The van der Waals surface area contributed by atoms with Crippen molar-refractivity contribution in [1.29, 1.82) is 0 Å². The molecule has 0 unspecified atom stereocenters. The number of hydrogen-bond donors (Lipinski definition) is 1. The fourth-order valence-corrected chi connectivity index (χ4v) is 4.05. The van der Waals surface area contributed by atoms with Gasteiger partial charge < -0.3 is 4.57 Å². The molecule has 2 N–H and O–H groups in total. The van der Waals surface area contributed by atoms with Crippen LogP contribution < -0.4 is 5.14 Å². The smallest absolute Gasteiger partial charge is 0.239 e. The number of benzene rings is 2. The van der Waals surface area contributed by atoms with E-state index in [2.05, 4.69) is 18.8 Å². The standard InChI is InChI=1S/C19H20ClN3O3S/c1-12(2)9-19-22-15-5-3-4-6-16(15)23(19)11-17(24)13-7-8-18(14(20)10-13)27(21,25)26/h3-8,10,12H,9,11H2,1-2H3,(H2,21,25,26). The molecule has 0 atom stereocenters. The summed E-state index contributed by atoms with van der Waals surface area (Å²) >= 11 is 6.00. The molecule has 1 heterocycles. The van der Waals surface area contributed by atoms with E-state index in [0.717, 1.165) is 23.3 Å². The second kappa shape index (κ2) is 7.42. The number of fused-ring (bicyclic) bond motifs is 1. The Hall–Kier alpha value is -2.22. The monoisotopic (exact) mass is 405 g/mol. The summed E-state index contributed by atoms with van der Waals surface area (Å²) < 4.78 is 24.9. The molecule has 0 radical (unpaired) electrons. The molecule has 0 amide bonds. The molecule has 6 nitrogen and oxygen atoms in total. The third-order valence-corrected chi connectivity index (χ3v) is 5.58. The number of nitrogens with zero attached hydrogens (tertiary/aromatic N) is 2. The maximum atomic E-state index is 12.8. The van der Waals surface area contributed by atoms with Gasteiger partial charge in [-0.3, -0.25) is 4.79 Å². The normalized spacial score (nSPS) is 12.0. The maximum Gasteiger partial charge on any atom is 0.239 e. The van der Waals surface area contributed by atoms with E-state index >= 15 is 0 Å². The Bertz CT molecular complexity index is 1120. The summed E-state index contributed by atoms with van der Waals surface area (Å²) in [7, 11) is -3.93. The van der Waals surface area contributed by atoms with Crippen molar-refractivity contribution in [3.8, 4) is 0 Å². The molecule has 27 heavy (non-hydrogen) atoms. The summed E-state index contributed by atoms with van der Waals surface area (Å²) in [5, 5.41) is 5.04. The number of carbonyl (C=O) groups is 1. The van der Waals surface area contributed by atoms with Crippen molar-refractivity contribution in [3.05, 3.63) is 58.9 Å². The summed E-state index contributed by atoms with van der Waals surface area (Å²) in [5.74, 6) is 1.04. The largest absolute Gasteiger partial charge is 0.320 e. The number of carbonyl (C=O) groups excluding carboxylic acids is 1. The van der Waals surface area contributed by atoms with Crippen molar-refractivity contribution >= 4 is 38.4 Å². The zero-order valence-corrected chi connectivity index (χ0v) is 16.6. The molecule has 2 aromatic carbocycles. The number of halogens is 1. The number of Topliss-reactive ketones (excluding diaryl/α,β-unsaturated/α-hetero) is 1. The molecule has 1 aromatic heterocycles. The van der Waals surface area contributed by atoms with Crippen LogP contribution in [0.1, 0.15) is 30.0 Å². The third kappa shape index (κ3) is 4.21. The predicted octanol–water partition coefficient (Wildman–Crippen LogP) is 3.42. The number of aromatic nitrogens is 2. The lowest BCUT2D eigenvalue weighted by Gasteiger charge is -2.11. The van der Waals surface area contributed by atoms with E-state index in [9.17, 15) is 13.2 Å². The van der Waals surface area contributed by atoms with Crippen LogP contribution in [0.15, 0.2) is 47.4 Å². The highest BCUT2D eigenvalue weighted by Crippen LogP contribution is 2.23. The Morgan fingerprint density at radius 2 is 1.93 bits per heavy atom. The highest BCUT2D eigenvalue weighted by atomic mass is 35.5. The first-order valence-corrected chi connectivity index (χ1v) is 10.4. The van der Waals surface area contributed by atoms with Crippen LogP contribution in [0, 0.1) is 5.92 Å². The van der Waals surface area contributed by atoms with Crippen molar-refractivity contribution in [2.45, 2.75) is 31.7 Å². The van der Waals surface area contributed by atoms with Crippen LogP contribution in [0.25, 0.3) is 11.0 Å². The lowest BCUT2D eigenvalue weighted by Crippen LogP contribution is -2.16. The Kier molecular flexibility index (Phi) is 5.37. The number of primary sulfonamides is 1. The minimum Gasteiger partial charge on any atom is -0.320 e. The second-order valence-corrected chi connectivity index (χ2v) is 8.75. The number of hydrogen-bond acceptors (Lipinski definition) is 4. The van der Waals surface area contributed by atoms with Crippen molar-refractivity contribution in [1.82, 2.24) is 9.55 Å². The zero-order chi connectivity index (χ0) is 19.8. The first-order chi connectivity index (χ1) is 12.7. The lowest BCUT2D eigenvalue weighted by molar-refractivity contribution is 0.0972. The first kappa shape index (κ1) is 19.5. The molecular formula is C19H20ClN3O3S. The molecule has 0 spiro atoms. The van der Waals surface area contributed by atoms with Crippen LogP contribution >= 0.6 is 11.6 Å². The number of sulfonamides is 1. The van der Waals surface area contributed by atoms with E-state index in [1.807, 2.05) is 28.8 Å². The molecular weight excluding hydrogens is 386 g/mol. The summed E-state index contributed by atoms with van der Waals surface area (Å²) in [6.45, 7) is 4.28. The Morgan fingerprint density at radius 3 is 2.56 bits per heavy atom. The van der Waals surface area contributed by atoms with Gasteiger partial charge in [0, 0.05) is 12.0 Å². The summed E-state index contributed by atoms with van der Waals surface area (Å²) in [5.41, 5.74) is 2.04. The number of imidazole rings is 1. The summed E-state index contributed by atoms with van der Waals surface area (Å²) in [6, 6.07) is 11.7. The van der Waals surface area contributed by atoms with E-state index < -0.39 is 10.0 Å². The fraction of sp³-hybridized carbons (Fsp3) is 0.263. The van der Waals surface area contributed by atoms with Crippen LogP contribution in [-0.4, -0.2) is 23.8 Å². The zero-order valence-electron chi connectivity index (χ0n) is 15.0.